The lowest BCUT2D eigenvalue weighted by Gasteiger charge is -2.12. The van der Waals surface area contributed by atoms with Gasteiger partial charge in [-0.25, -0.2) is 4.98 Å². The van der Waals surface area contributed by atoms with E-state index >= 15 is 0 Å². The van der Waals surface area contributed by atoms with E-state index in [9.17, 15) is 9.59 Å². The van der Waals surface area contributed by atoms with Crippen LogP contribution in [0.2, 0.25) is 0 Å². The van der Waals surface area contributed by atoms with Crippen LogP contribution in [0.1, 0.15) is 47.4 Å². The Kier molecular flexibility index (Phi) is 4.66. The lowest BCUT2D eigenvalue weighted by atomic mass is 10.1. The second-order valence-corrected chi connectivity index (χ2v) is 7.44. The Balaban J connectivity index is 1.64. The minimum absolute atomic E-state index is 0.0337. The van der Waals surface area contributed by atoms with Crippen molar-refractivity contribution in [1.29, 1.82) is 0 Å². The molecule has 1 aromatic carbocycles. The number of aromatic nitrogens is 1. The molecule has 6 heteroatoms. The third-order valence-electron chi connectivity index (χ3n) is 4.27. The normalized spacial score (nSPS) is 20.3. The average molecular weight is 343 g/mol. The number of carbonyl (C=O) groups excluding carboxylic acids is 2. The number of benzene rings is 1. The van der Waals surface area contributed by atoms with Gasteiger partial charge in [-0.05, 0) is 44.4 Å². The highest BCUT2D eigenvalue weighted by molar-refractivity contribution is 7.09. The van der Waals surface area contributed by atoms with Crippen molar-refractivity contribution in [3.05, 3.63) is 45.9 Å². The van der Waals surface area contributed by atoms with Crippen LogP contribution in [-0.2, 0) is 4.79 Å². The van der Waals surface area contributed by atoms with Crippen LogP contribution in [0.3, 0.4) is 0 Å². The lowest BCUT2D eigenvalue weighted by molar-refractivity contribution is -0.117. The molecule has 1 fully saturated rings. The van der Waals surface area contributed by atoms with Gasteiger partial charge in [0.2, 0.25) is 5.91 Å². The monoisotopic (exact) mass is 343 g/mol. The smallest absolute Gasteiger partial charge is 0.251 e. The van der Waals surface area contributed by atoms with Crippen LogP contribution in [0, 0.1) is 18.8 Å². The first kappa shape index (κ1) is 16.6. The predicted octanol–water partition coefficient (Wildman–Crippen LogP) is 3.54. The highest BCUT2D eigenvalue weighted by Crippen LogP contribution is 2.38. The molecule has 2 N–H and O–H groups in total. The quantitative estimate of drug-likeness (QED) is 0.872. The summed E-state index contributed by atoms with van der Waals surface area (Å²) in [5, 5.41) is 8.76. The van der Waals surface area contributed by atoms with Crippen molar-refractivity contribution in [2.75, 3.05) is 5.32 Å². The summed E-state index contributed by atoms with van der Waals surface area (Å²) in [5.41, 5.74) is 2.04. The van der Waals surface area contributed by atoms with Gasteiger partial charge in [-0.1, -0.05) is 13.0 Å². The largest absolute Gasteiger partial charge is 0.344 e. The molecule has 1 heterocycles. The number of anilines is 1. The summed E-state index contributed by atoms with van der Waals surface area (Å²) in [5.74, 6) is 0.421. The Labute approximate surface area is 145 Å². The van der Waals surface area contributed by atoms with E-state index in [1.54, 1.807) is 35.6 Å². The van der Waals surface area contributed by atoms with Crippen molar-refractivity contribution in [3.8, 4) is 0 Å². The second kappa shape index (κ2) is 6.73. The van der Waals surface area contributed by atoms with E-state index in [0.29, 0.717) is 17.2 Å². The van der Waals surface area contributed by atoms with Crippen LogP contribution in [0.15, 0.2) is 29.6 Å². The summed E-state index contributed by atoms with van der Waals surface area (Å²) in [6.45, 7) is 5.91. The number of nitrogens with one attached hydrogen (secondary N) is 2. The third kappa shape index (κ3) is 3.82. The summed E-state index contributed by atoms with van der Waals surface area (Å²) >= 11 is 1.56. The fourth-order valence-electron chi connectivity index (χ4n) is 2.59. The topological polar surface area (TPSA) is 71.1 Å². The first-order chi connectivity index (χ1) is 11.4. The average Bonchev–Trinajstić information content (AvgIpc) is 3.12. The molecule has 5 nitrogen and oxygen atoms in total. The summed E-state index contributed by atoms with van der Waals surface area (Å²) in [4.78, 5) is 28.8. The molecule has 1 aromatic heterocycles. The Bertz CT molecular complexity index is 771. The van der Waals surface area contributed by atoms with Crippen molar-refractivity contribution in [1.82, 2.24) is 10.3 Å². The predicted molar refractivity (Wildman–Crippen MR) is 95.1 cm³/mol. The summed E-state index contributed by atoms with van der Waals surface area (Å²) in [6.07, 6.45) is 0.941. The van der Waals surface area contributed by atoms with E-state index in [0.717, 1.165) is 17.1 Å². The van der Waals surface area contributed by atoms with E-state index in [1.807, 2.05) is 19.2 Å². The van der Waals surface area contributed by atoms with Gasteiger partial charge in [-0.2, -0.15) is 0 Å². The molecule has 0 saturated heterocycles. The minimum Gasteiger partial charge on any atom is -0.344 e. The maximum Gasteiger partial charge on any atom is 0.251 e. The molecule has 1 saturated carbocycles. The Morgan fingerprint density at radius 1 is 1.38 bits per heavy atom. The fraction of sp³-hybridized carbons (Fsp3) is 0.389. The number of hydrogen-bond acceptors (Lipinski definition) is 4. The molecule has 3 atom stereocenters. The van der Waals surface area contributed by atoms with Gasteiger partial charge in [0.05, 0.1) is 16.7 Å². The standard InChI is InChI=1S/C18H21N3O2S/c1-10-7-15(10)18(23)21-14-6-4-5-13(8-14)17(22)19-11(2)16-9-24-12(3)20-16/h4-6,8-11,15H,7H2,1-3H3,(H,19,22)(H,21,23). The Hall–Kier alpha value is -2.21. The molecule has 1 aliphatic carbocycles. The van der Waals surface area contributed by atoms with Crippen LogP contribution in [-0.4, -0.2) is 16.8 Å². The first-order valence-electron chi connectivity index (χ1n) is 8.08. The summed E-state index contributed by atoms with van der Waals surface area (Å²) in [6, 6.07) is 6.87. The lowest BCUT2D eigenvalue weighted by Crippen LogP contribution is -2.27. The van der Waals surface area contributed by atoms with Gasteiger partial charge < -0.3 is 10.6 Å². The van der Waals surface area contributed by atoms with E-state index in [2.05, 4.69) is 22.5 Å². The highest BCUT2D eigenvalue weighted by atomic mass is 32.1. The van der Waals surface area contributed by atoms with E-state index in [4.69, 9.17) is 0 Å². The second-order valence-electron chi connectivity index (χ2n) is 6.38. The van der Waals surface area contributed by atoms with Crippen LogP contribution in [0.4, 0.5) is 5.69 Å². The number of rotatable bonds is 5. The van der Waals surface area contributed by atoms with Gasteiger partial charge in [0.15, 0.2) is 0 Å². The zero-order valence-electron chi connectivity index (χ0n) is 14.0. The summed E-state index contributed by atoms with van der Waals surface area (Å²) in [7, 11) is 0. The molecule has 3 rings (SSSR count). The Morgan fingerprint density at radius 3 is 2.75 bits per heavy atom. The zero-order chi connectivity index (χ0) is 17.3. The van der Waals surface area contributed by atoms with Gasteiger partial charge in [-0.15, -0.1) is 11.3 Å². The molecular formula is C18H21N3O2S. The molecule has 3 unspecified atom stereocenters. The Morgan fingerprint density at radius 2 is 2.12 bits per heavy atom. The molecule has 0 aliphatic heterocycles. The molecule has 2 amide bonds. The fourth-order valence-corrected chi connectivity index (χ4v) is 3.30. The van der Waals surface area contributed by atoms with Crippen LogP contribution in [0.25, 0.3) is 0 Å². The molecule has 0 spiro atoms. The van der Waals surface area contributed by atoms with Crippen LogP contribution >= 0.6 is 11.3 Å². The van der Waals surface area contributed by atoms with Crippen molar-refractivity contribution in [2.45, 2.75) is 33.2 Å². The SMILES string of the molecule is Cc1nc(C(C)NC(=O)c2cccc(NC(=O)C3CC3C)c2)cs1. The number of hydrogen-bond donors (Lipinski definition) is 2. The molecule has 0 bridgehead atoms. The van der Waals surface area contributed by atoms with Gasteiger partial charge >= 0.3 is 0 Å². The van der Waals surface area contributed by atoms with Gasteiger partial charge in [0.1, 0.15) is 0 Å². The van der Waals surface area contributed by atoms with E-state index < -0.39 is 0 Å². The van der Waals surface area contributed by atoms with Crippen LogP contribution < -0.4 is 10.6 Å². The molecule has 126 valence electrons. The number of carbonyl (C=O) groups is 2. The van der Waals surface area contributed by atoms with Gasteiger partial charge in [0.25, 0.3) is 5.91 Å². The number of nitrogens with zero attached hydrogens (tertiary/aromatic N) is 1. The van der Waals surface area contributed by atoms with Crippen LogP contribution in [0.5, 0.6) is 0 Å². The minimum atomic E-state index is -0.177. The van der Waals surface area contributed by atoms with Gasteiger partial charge in [-0.3, -0.25) is 9.59 Å². The maximum atomic E-state index is 12.4. The van der Waals surface area contributed by atoms with E-state index in [-0.39, 0.29) is 23.8 Å². The first-order valence-corrected chi connectivity index (χ1v) is 8.96. The molecular weight excluding hydrogens is 322 g/mol. The number of aryl methyl sites for hydroxylation is 1. The van der Waals surface area contributed by atoms with Crippen molar-refractivity contribution >= 4 is 28.8 Å². The van der Waals surface area contributed by atoms with Crippen molar-refractivity contribution in [3.63, 3.8) is 0 Å². The summed E-state index contributed by atoms with van der Waals surface area (Å²) < 4.78 is 0. The molecule has 1 aliphatic rings. The van der Waals surface area contributed by atoms with E-state index in [1.165, 1.54) is 0 Å². The number of thiazole rings is 1. The maximum absolute atomic E-state index is 12.4. The highest BCUT2D eigenvalue weighted by Gasteiger charge is 2.39. The third-order valence-corrected chi connectivity index (χ3v) is 5.06. The zero-order valence-corrected chi connectivity index (χ0v) is 14.8. The van der Waals surface area contributed by atoms with Gasteiger partial charge in [0, 0.05) is 22.5 Å². The van der Waals surface area contributed by atoms with Crippen molar-refractivity contribution < 1.29 is 9.59 Å². The molecule has 24 heavy (non-hydrogen) atoms. The molecule has 0 radical (unpaired) electrons. The van der Waals surface area contributed by atoms with Crippen molar-refractivity contribution in [2.24, 2.45) is 11.8 Å². The molecule has 2 aromatic rings. The number of amides is 2.